The van der Waals surface area contributed by atoms with Crippen molar-refractivity contribution in [2.45, 2.75) is 12.8 Å². The molecular formula is C19H17NO5. The van der Waals surface area contributed by atoms with Crippen molar-refractivity contribution in [3.8, 4) is 5.75 Å². The van der Waals surface area contributed by atoms with Gasteiger partial charge in [-0.2, -0.15) is 0 Å². The average Bonchev–Trinajstić information content (AvgIpc) is 2.93. The Kier molecular flexibility index (Phi) is 4.52. The maximum absolute atomic E-state index is 12.3. The van der Waals surface area contributed by atoms with Crippen LogP contribution in [0, 0.1) is 0 Å². The van der Waals surface area contributed by atoms with Gasteiger partial charge >= 0.3 is 5.97 Å². The van der Waals surface area contributed by atoms with E-state index >= 15 is 0 Å². The van der Waals surface area contributed by atoms with Crippen LogP contribution in [0.2, 0.25) is 0 Å². The lowest BCUT2D eigenvalue weighted by Gasteiger charge is -2.07. The van der Waals surface area contributed by atoms with Crippen LogP contribution in [0.5, 0.6) is 5.75 Å². The third-order valence-electron chi connectivity index (χ3n) is 4.13. The molecule has 2 aromatic rings. The highest BCUT2D eigenvalue weighted by Crippen LogP contribution is 2.32. The summed E-state index contributed by atoms with van der Waals surface area (Å²) in [5, 5.41) is 2.75. The van der Waals surface area contributed by atoms with Gasteiger partial charge in [0.05, 0.1) is 18.6 Å². The molecule has 0 radical (unpaired) electrons. The van der Waals surface area contributed by atoms with E-state index in [0.717, 1.165) is 5.56 Å². The lowest BCUT2D eigenvalue weighted by molar-refractivity contribution is -0.116. The maximum atomic E-state index is 12.3. The van der Waals surface area contributed by atoms with Crippen molar-refractivity contribution in [1.82, 2.24) is 0 Å². The van der Waals surface area contributed by atoms with E-state index < -0.39 is 5.97 Å². The van der Waals surface area contributed by atoms with Crippen LogP contribution >= 0.6 is 0 Å². The normalized spacial score (nSPS) is 15.3. The summed E-state index contributed by atoms with van der Waals surface area (Å²) in [5.41, 5.74) is 2.20. The number of carbonyl (C=O) groups excluding carboxylic acids is 3. The smallest absolute Gasteiger partial charge is 0.338 e. The first-order valence-corrected chi connectivity index (χ1v) is 7.79. The Hall–Kier alpha value is -3.15. The summed E-state index contributed by atoms with van der Waals surface area (Å²) in [6, 6.07) is 11.5. The molecule has 0 saturated carbocycles. The number of hydrogen-bond donors (Lipinski definition) is 1. The second kappa shape index (κ2) is 6.76. The van der Waals surface area contributed by atoms with Crippen LogP contribution in [0.4, 0.5) is 5.69 Å². The maximum Gasteiger partial charge on any atom is 0.338 e. The van der Waals surface area contributed by atoms with E-state index in [2.05, 4.69) is 5.32 Å². The number of fused-ring (bicyclic) bond motifs is 1. The Balaban J connectivity index is 1.67. The summed E-state index contributed by atoms with van der Waals surface area (Å²) in [6.45, 7) is 1.41. The minimum absolute atomic E-state index is 0.0935. The molecule has 0 unspecified atom stereocenters. The van der Waals surface area contributed by atoms with Crippen molar-refractivity contribution < 1.29 is 23.9 Å². The largest absolute Gasteiger partial charge is 0.497 e. The molecule has 0 spiro atoms. The van der Waals surface area contributed by atoms with Gasteiger partial charge in [0.2, 0.25) is 5.91 Å². The fraction of sp³-hybridized carbons (Fsp3) is 0.211. The first-order chi connectivity index (χ1) is 12.0. The van der Waals surface area contributed by atoms with Crippen molar-refractivity contribution >= 4 is 23.3 Å². The molecule has 1 N–H and O–H groups in total. The van der Waals surface area contributed by atoms with Crippen LogP contribution in [0.1, 0.15) is 39.1 Å². The Morgan fingerprint density at radius 1 is 1.12 bits per heavy atom. The molecule has 1 atom stereocenters. The second-order valence-corrected chi connectivity index (χ2v) is 5.74. The predicted molar refractivity (Wildman–Crippen MR) is 91.1 cm³/mol. The molecular weight excluding hydrogens is 322 g/mol. The quantitative estimate of drug-likeness (QED) is 0.669. The zero-order valence-electron chi connectivity index (χ0n) is 13.9. The average molecular weight is 339 g/mol. The number of ketones is 1. The number of nitrogens with one attached hydrogen (secondary N) is 1. The highest BCUT2D eigenvalue weighted by Gasteiger charge is 2.27. The van der Waals surface area contributed by atoms with Gasteiger partial charge in [-0.05, 0) is 48.9 Å². The van der Waals surface area contributed by atoms with Crippen molar-refractivity contribution in [2.75, 3.05) is 19.0 Å². The Morgan fingerprint density at radius 2 is 1.92 bits per heavy atom. The van der Waals surface area contributed by atoms with Crippen LogP contribution in [0.25, 0.3) is 0 Å². The van der Waals surface area contributed by atoms with Crippen molar-refractivity contribution in [2.24, 2.45) is 0 Å². The molecule has 0 aliphatic carbocycles. The van der Waals surface area contributed by atoms with E-state index in [4.69, 9.17) is 9.47 Å². The lowest BCUT2D eigenvalue weighted by atomic mass is 9.99. The zero-order valence-corrected chi connectivity index (χ0v) is 13.9. The Morgan fingerprint density at radius 3 is 2.68 bits per heavy atom. The topological polar surface area (TPSA) is 81.7 Å². The zero-order chi connectivity index (χ0) is 18.0. The van der Waals surface area contributed by atoms with Crippen molar-refractivity contribution in [1.29, 1.82) is 0 Å². The van der Waals surface area contributed by atoms with Gasteiger partial charge in [-0.25, -0.2) is 4.79 Å². The summed E-state index contributed by atoms with van der Waals surface area (Å²) < 4.78 is 10.1. The van der Waals surface area contributed by atoms with Gasteiger partial charge in [0.15, 0.2) is 12.4 Å². The number of amides is 1. The van der Waals surface area contributed by atoms with Gasteiger partial charge in [0.25, 0.3) is 0 Å². The van der Waals surface area contributed by atoms with E-state index in [0.29, 0.717) is 22.6 Å². The first kappa shape index (κ1) is 16.7. The molecule has 6 heteroatoms. The number of ether oxygens (including phenoxy) is 2. The van der Waals surface area contributed by atoms with Crippen LogP contribution in [-0.4, -0.2) is 31.4 Å². The van der Waals surface area contributed by atoms with Gasteiger partial charge in [0.1, 0.15) is 5.75 Å². The Labute approximate surface area is 144 Å². The molecule has 1 aliphatic heterocycles. The Bertz CT molecular complexity index is 859. The van der Waals surface area contributed by atoms with Crippen molar-refractivity contribution in [3.63, 3.8) is 0 Å². The van der Waals surface area contributed by atoms with Gasteiger partial charge in [0, 0.05) is 11.3 Å². The van der Waals surface area contributed by atoms with E-state index in [-0.39, 0.29) is 24.2 Å². The molecule has 2 aromatic carbocycles. The van der Waals surface area contributed by atoms with Gasteiger partial charge < -0.3 is 14.8 Å². The summed E-state index contributed by atoms with van der Waals surface area (Å²) in [6.07, 6.45) is 0. The third-order valence-corrected chi connectivity index (χ3v) is 4.13. The van der Waals surface area contributed by atoms with Crippen LogP contribution < -0.4 is 10.1 Å². The van der Waals surface area contributed by atoms with E-state index in [1.807, 2.05) is 0 Å². The molecule has 1 amide bonds. The number of hydrogen-bond acceptors (Lipinski definition) is 5. The molecule has 1 aliphatic rings. The SMILES string of the molecule is COc1cccc(C(=O)OCC(=O)c2ccc3c(c2)[C@@H](C)C(=O)N3)c1. The number of Topliss-reactive ketones (excluding diaryl/α,β-unsaturated/α-hetero) is 1. The fourth-order valence-electron chi connectivity index (χ4n) is 2.64. The summed E-state index contributed by atoms with van der Waals surface area (Å²) in [5.74, 6) is -0.791. The van der Waals surface area contributed by atoms with E-state index in [1.165, 1.54) is 7.11 Å². The highest BCUT2D eigenvalue weighted by molar-refractivity contribution is 6.05. The summed E-state index contributed by atoms with van der Waals surface area (Å²) in [7, 11) is 1.50. The first-order valence-electron chi connectivity index (χ1n) is 7.79. The van der Waals surface area contributed by atoms with E-state index in [1.54, 1.807) is 49.4 Å². The highest BCUT2D eigenvalue weighted by atomic mass is 16.5. The van der Waals surface area contributed by atoms with Crippen LogP contribution in [0.15, 0.2) is 42.5 Å². The molecule has 6 nitrogen and oxygen atoms in total. The molecule has 25 heavy (non-hydrogen) atoms. The number of rotatable bonds is 5. The third kappa shape index (κ3) is 3.38. The minimum atomic E-state index is -0.598. The number of benzene rings is 2. The molecule has 3 rings (SSSR count). The fourth-order valence-corrected chi connectivity index (χ4v) is 2.64. The number of carbonyl (C=O) groups is 3. The molecule has 0 saturated heterocycles. The number of anilines is 1. The van der Waals surface area contributed by atoms with Crippen LogP contribution in [0.3, 0.4) is 0 Å². The van der Waals surface area contributed by atoms with Gasteiger partial charge in [-0.3, -0.25) is 9.59 Å². The molecule has 128 valence electrons. The number of methoxy groups -OCH3 is 1. The predicted octanol–water partition coefficient (Wildman–Crippen LogP) is 2.79. The molecule has 1 heterocycles. The molecule has 0 aromatic heterocycles. The number of esters is 1. The van der Waals surface area contributed by atoms with Crippen molar-refractivity contribution in [3.05, 3.63) is 59.2 Å². The van der Waals surface area contributed by atoms with E-state index in [9.17, 15) is 14.4 Å². The molecule has 0 bridgehead atoms. The lowest BCUT2D eigenvalue weighted by Crippen LogP contribution is -2.14. The minimum Gasteiger partial charge on any atom is -0.497 e. The standard InChI is InChI=1S/C19H17NO5/c1-11-15-9-12(6-7-16(15)20-18(11)22)17(21)10-25-19(23)13-4-3-5-14(8-13)24-2/h3-9,11H,10H2,1-2H3,(H,20,22)/t11-/m1/s1. The summed E-state index contributed by atoms with van der Waals surface area (Å²) >= 11 is 0. The monoisotopic (exact) mass is 339 g/mol. The molecule has 0 fully saturated rings. The van der Waals surface area contributed by atoms with Gasteiger partial charge in [-0.15, -0.1) is 0 Å². The summed E-state index contributed by atoms with van der Waals surface area (Å²) in [4.78, 5) is 36.0. The van der Waals surface area contributed by atoms with Crippen LogP contribution in [-0.2, 0) is 9.53 Å². The second-order valence-electron chi connectivity index (χ2n) is 5.74. The van der Waals surface area contributed by atoms with Gasteiger partial charge in [-0.1, -0.05) is 6.07 Å².